The second-order valence-corrected chi connectivity index (χ2v) is 1.07. The van der Waals surface area contributed by atoms with Crippen LogP contribution in [0.3, 0.4) is 0 Å². The van der Waals surface area contributed by atoms with Crippen LogP contribution in [0.25, 0.3) is 0 Å². The Morgan fingerprint density at radius 2 is 2.75 bits per heavy atom. The molecular weight excluding hydrogens is 108 g/mol. The third-order valence-electron chi connectivity index (χ3n) is 0.583. The molecule has 1 aromatic heterocycles. The van der Waals surface area contributed by atoms with Gasteiger partial charge in [0.15, 0.2) is 5.82 Å². The summed E-state index contributed by atoms with van der Waals surface area (Å²) in [6, 6.07) is 0. The number of aromatic nitrogens is 4. The molecule has 1 rings (SSSR count). The van der Waals surface area contributed by atoms with Gasteiger partial charge in [-0.05, 0) is 0 Å². The summed E-state index contributed by atoms with van der Waals surface area (Å²) in [4.78, 5) is 0. The van der Waals surface area contributed by atoms with E-state index in [4.69, 9.17) is 7.85 Å². The summed E-state index contributed by atoms with van der Waals surface area (Å²) in [5.74, 6) is -0.130. The highest BCUT2D eigenvalue weighted by molar-refractivity contribution is 4.73. The molecule has 1 heterocycles. The highest BCUT2D eigenvalue weighted by Gasteiger charge is 1.92. The number of aromatic amines is 1. The molecule has 1 aromatic rings. The highest BCUT2D eigenvalue weighted by atomic mass is 16.3. The number of nitrogens with one attached hydrogen (secondary N) is 1. The minimum Gasteiger partial charge on any atom is -0.396 e. The van der Waals surface area contributed by atoms with E-state index in [1.54, 1.807) is 0 Å². The molecule has 0 radical (unpaired) electrons. The van der Waals surface area contributed by atoms with Gasteiger partial charge in [0, 0.05) is 9.11 Å². The van der Waals surface area contributed by atoms with E-state index < -0.39 is 13.0 Å². The lowest BCUT2D eigenvalue weighted by atomic mass is 10.4. The summed E-state index contributed by atoms with van der Waals surface area (Å²) in [5.41, 5.74) is 0. The van der Waals surface area contributed by atoms with Gasteiger partial charge in [0.2, 0.25) is 0 Å². The van der Waals surface area contributed by atoms with Gasteiger partial charge in [0.1, 0.15) is 0 Å². The smallest absolute Gasteiger partial charge is 0.176 e. The summed E-state index contributed by atoms with van der Waals surface area (Å²) < 4.78 is 14.1. The van der Waals surface area contributed by atoms with Gasteiger partial charge in [0.25, 0.3) is 0 Å². The lowest BCUT2D eigenvalue weighted by Gasteiger charge is -1.80. The van der Waals surface area contributed by atoms with E-state index in [2.05, 4.69) is 20.6 Å². The first-order valence-corrected chi connectivity index (χ1v) is 2.01. The van der Waals surface area contributed by atoms with E-state index in [-0.39, 0.29) is 5.82 Å². The maximum Gasteiger partial charge on any atom is 0.176 e. The molecule has 0 atom stereocenters. The zero-order valence-electron chi connectivity index (χ0n) is 6.00. The molecule has 8 heavy (non-hydrogen) atoms. The zero-order chi connectivity index (χ0) is 7.61. The molecule has 0 unspecified atom stereocenters. The Morgan fingerprint density at radius 1 is 1.88 bits per heavy atom. The predicted molar refractivity (Wildman–Crippen MR) is 25.0 cm³/mol. The minimum atomic E-state index is -1.90. The van der Waals surface area contributed by atoms with Crippen LogP contribution in [0.1, 0.15) is 8.57 Å². The van der Waals surface area contributed by atoms with Crippen molar-refractivity contribution in [1.29, 1.82) is 0 Å². The molecule has 0 aliphatic rings. The van der Waals surface area contributed by atoms with Crippen molar-refractivity contribution in [2.45, 2.75) is 6.37 Å². The molecule has 0 aliphatic heterocycles. The van der Waals surface area contributed by atoms with Gasteiger partial charge in [-0.3, -0.25) is 0 Å². The van der Waals surface area contributed by atoms with Crippen molar-refractivity contribution >= 4 is 0 Å². The molecule has 0 spiro atoms. The van der Waals surface area contributed by atoms with Crippen molar-refractivity contribution < 1.29 is 7.85 Å². The van der Waals surface area contributed by atoms with E-state index >= 15 is 0 Å². The SMILES string of the molecule is [2H]C([2H])(CO)c1nn[nH]n1. The Kier molecular flexibility index (Phi) is 0.927. The molecule has 0 saturated carbocycles. The zero-order valence-corrected chi connectivity index (χ0v) is 4.00. The quantitative estimate of drug-likeness (QED) is 0.505. The normalized spacial score (nSPS) is 15.1. The maximum atomic E-state index is 8.47. The Morgan fingerprint density at radius 3 is 3.25 bits per heavy atom. The van der Waals surface area contributed by atoms with Crippen LogP contribution in [-0.2, 0) is 6.37 Å². The van der Waals surface area contributed by atoms with Crippen LogP contribution in [0, 0.1) is 0 Å². The van der Waals surface area contributed by atoms with Crippen molar-refractivity contribution in [2.75, 3.05) is 6.61 Å². The standard InChI is InChI=1S/C3H6N4O/c8-2-1-3-4-6-7-5-3/h8H,1-2H2,(H,4,5,6,7)/i1D2. The highest BCUT2D eigenvalue weighted by Crippen LogP contribution is 1.80. The number of nitrogens with zero attached hydrogens (tertiary/aromatic N) is 3. The number of aliphatic hydroxyl groups is 1. The van der Waals surface area contributed by atoms with Crippen LogP contribution in [0.15, 0.2) is 0 Å². The summed E-state index contributed by atoms with van der Waals surface area (Å²) in [5, 5.41) is 20.5. The summed E-state index contributed by atoms with van der Waals surface area (Å²) in [6.45, 7) is -0.646. The predicted octanol–water partition coefficient (Wildman–Crippen LogP) is -1.27. The summed E-state index contributed by atoms with van der Waals surface area (Å²) in [6.07, 6.45) is -1.90. The van der Waals surface area contributed by atoms with Crippen molar-refractivity contribution in [3.63, 3.8) is 0 Å². The van der Waals surface area contributed by atoms with E-state index in [9.17, 15) is 0 Å². The van der Waals surface area contributed by atoms with Crippen molar-refractivity contribution in [2.24, 2.45) is 0 Å². The molecule has 0 amide bonds. The number of rotatable bonds is 2. The average Bonchev–Trinajstić information content (AvgIpc) is 2.38. The molecule has 0 fully saturated rings. The molecule has 5 heteroatoms. The maximum absolute atomic E-state index is 8.47. The lowest BCUT2D eigenvalue weighted by Crippen LogP contribution is -1.92. The second kappa shape index (κ2) is 2.37. The first kappa shape index (κ1) is 3.13. The number of aliphatic hydroxyl groups excluding tert-OH is 1. The van der Waals surface area contributed by atoms with Crippen molar-refractivity contribution in [1.82, 2.24) is 20.6 Å². The van der Waals surface area contributed by atoms with E-state index in [0.717, 1.165) is 0 Å². The Bertz CT molecular complexity index is 198. The van der Waals surface area contributed by atoms with Crippen LogP contribution in [0.2, 0.25) is 0 Å². The van der Waals surface area contributed by atoms with Crippen LogP contribution in [0.5, 0.6) is 0 Å². The first-order valence-electron chi connectivity index (χ1n) is 3.01. The molecule has 0 saturated heterocycles. The number of H-pyrrole nitrogens is 1. The fourth-order valence-corrected chi connectivity index (χ4v) is 0.307. The minimum absolute atomic E-state index is 0.130. The van der Waals surface area contributed by atoms with Gasteiger partial charge >= 0.3 is 0 Å². The van der Waals surface area contributed by atoms with Crippen molar-refractivity contribution in [3.8, 4) is 0 Å². The Labute approximate surface area is 48.5 Å². The molecule has 0 bridgehead atoms. The number of tetrazole rings is 1. The Hall–Kier alpha value is -0.970. The molecular formula is C3H6N4O. The van der Waals surface area contributed by atoms with Crippen LogP contribution >= 0.6 is 0 Å². The summed E-state index contributed by atoms with van der Waals surface area (Å²) in [7, 11) is 0. The molecule has 0 aromatic carbocycles. The largest absolute Gasteiger partial charge is 0.396 e. The van der Waals surface area contributed by atoms with Gasteiger partial charge < -0.3 is 5.11 Å². The summed E-state index contributed by atoms with van der Waals surface area (Å²) >= 11 is 0. The van der Waals surface area contributed by atoms with E-state index in [0.29, 0.717) is 0 Å². The van der Waals surface area contributed by atoms with E-state index in [1.165, 1.54) is 0 Å². The van der Waals surface area contributed by atoms with Gasteiger partial charge in [-0.25, -0.2) is 0 Å². The number of hydrogen-bond acceptors (Lipinski definition) is 4. The van der Waals surface area contributed by atoms with Crippen molar-refractivity contribution in [3.05, 3.63) is 5.82 Å². The van der Waals surface area contributed by atoms with Gasteiger partial charge in [-0.1, -0.05) is 5.21 Å². The topological polar surface area (TPSA) is 74.7 Å². The third kappa shape index (κ3) is 1.00. The Balaban J connectivity index is 2.85. The van der Waals surface area contributed by atoms with E-state index in [1.807, 2.05) is 0 Å². The molecule has 5 nitrogen and oxygen atoms in total. The average molecular weight is 116 g/mol. The fourth-order valence-electron chi connectivity index (χ4n) is 0.307. The monoisotopic (exact) mass is 116 g/mol. The van der Waals surface area contributed by atoms with Crippen LogP contribution < -0.4 is 0 Å². The van der Waals surface area contributed by atoms with Crippen LogP contribution in [-0.4, -0.2) is 32.3 Å². The van der Waals surface area contributed by atoms with Gasteiger partial charge in [0.05, 0.1) is 6.61 Å². The lowest BCUT2D eigenvalue weighted by molar-refractivity contribution is 0.296. The number of hydrogen-bond donors (Lipinski definition) is 2. The molecule has 44 valence electrons. The fraction of sp³-hybridized carbons (Fsp3) is 0.667. The molecule has 2 N–H and O–H groups in total. The molecule has 0 aliphatic carbocycles. The second-order valence-electron chi connectivity index (χ2n) is 1.07. The third-order valence-corrected chi connectivity index (χ3v) is 0.583. The van der Waals surface area contributed by atoms with Gasteiger partial charge in [-0.15, -0.1) is 10.2 Å². The van der Waals surface area contributed by atoms with Crippen LogP contribution in [0.4, 0.5) is 0 Å². The first-order chi connectivity index (χ1) is 4.67. The van der Waals surface area contributed by atoms with Gasteiger partial charge in [-0.2, -0.15) is 5.21 Å².